The van der Waals surface area contributed by atoms with Crippen molar-refractivity contribution in [3.05, 3.63) is 51.5 Å². The van der Waals surface area contributed by atoms with Crippen molar-refractivity contribution in [3.8, 4) is 0 Å². The molecule has 0 saturated carbocycles. The molecule has 0 aliphatic carbocycles. The molecule has 102 valence electrons. The average Bonchev–Trinajstić information content (AvgIpc) is 2.83. The smallest absolute Gasteiger partial charge is 0.0798 e. The molecule has 0 bridgehead atoms. The van der Waals surface area contributed by atoms with Gasteiger partial charge in [0.15, 0.2) is 0 Å². The highest BCUT2D eigenvalue weighted by molar-refractivity contribution is 7.09. The maximum atomic E-state index is 4.34. The monoisotopic (exact) mass is 274 g/mol. The fourth-order valence-corrected chi connectivity index (χ4v) is 3.16. The first-order chi connectivity index (χ1) is 9.11. The SMILES string of the molecule is CNC(Cc1ccc(C(C)C)cc1)c1scnc1C. The zero-order valence-electron chi connectivity index (χ0n) is 12.1. The summed E-state index contributed by atoms with van der Waals surface area (Å²) in [5.74, 6) is 0.595. The molecule has 1 aromatic carbocycles. The van der Waals surface area contributed by atoms with Crippen LogP contribution in [0.2, 0.25) is 0 Å². The van der Waals surface area contributed by atoms with Crippen LogP contribution in [0.15, 0.2) is 29.8 Å². The van der Waals surface area contributed by atoms with Gasteiger partial charge in [0.25, 0.3) is 0 Å². The number of nitrogens with one attached hydrogen (secondary N) is 1. The Morgan fingerprint density at radius 3 is 2.37 bits per heavy atom. The third-order valence-corrected chi connectivity index (χ3v) is 4.58. The van der Waals surface area contributed by atoms with Crippen molar-refractivity contribution in [2.24, 2.45) is 0 Å². The largest absolute Gasteiger partial charge is 0.312 e. The highest BCUT2D eigenvalue weighted by Crippen LogP contribution is 2.25. The lowest BCUT2D eigenvalue weighted by atomic mass is 9.98. The van der Waals surface area contributed by atoms with Crippen molar-refractivity contribution >= 4 is 11.3 Å². The lowest BCUT2D eigenvalue weighted by Gasteiger charge is -2.16. The van der Waals surface area contributed by atoms with E-state index in [0.29, 0.717) is 12.0 Å². The summed E-state index contributed by atoms with van der Waals surface area (Å²) in [4.78, 5) is 5.69. The van der Waals surface area contributed by atoms with Gasteiger partial charge in [0.05, 0.1) is 11.2 Å². The highest BCUT2D eigenvalue weighted by Gasteiger charge is 2.14. The highest BCUT2D eigenvalue weighted by atomic mass is 32.1. The van der Waals surface area contributed by atoms with E-state index in [0.717, 1.165) is 12.1 Å². The summed E-state index contributed by atoms with van der Waals surface area (Å²) in [6.45, 7) is 6.54. The number of aryl methyl sites for hydroxylation is 1. The Morgan fingerprint density at radius 1 is 1.21 bits per heavy atom. The van der Waals surface area contributed by atoms with E-state index >= 15 is 0 Å². The lowest BCUT2D eigenvalue weighted by molar-refractivity contribution is 0.597. The predicted octanol–water partition coefficient (Wildman–Crippen LogP) is 4.08. The zero-order chi connectivity index (χ0) is 13.8. The van der Waals surface area contributed by atoms with Crippen molar-refractivity contribution < 1.29 is 0 Å². The number of thiazole rings is 1. The van der Waals surface area contributed by atoms with Crippen LogP contribution >= 0.6 is 11.3 Å². The normalized spacial score (nSPS) is 12.9. The van der Waals surface area contributed by atoms with Crippen molar-refractivity contribution in [2.75, 3.05) is 7.05 Å². The quantitative estimate of drug-likeness (QED) is 0.888. The van der Waals surface area contributed by atoms with Crippen LogP contribution in [0.1, 0.15) is 47.5 Å². The maximum absolute atomic E-state index is 4.34. The molecule has 1 N–H and O–H groups in total. The molecule has 0 aliphatic rings. The number of rotatable bonds is 5. The fourth-order valence-electron chi connectivity index (χ4n) is 2.25. The van der Waals surface area contributed by atoms with Gasteiger partial charge in [-0.15, -0.1) is 11.3 Å². The van der Waals surface area contributed by atoms with Gasteiger partial charge >= 0.3 is 0 Å². The van der Waals surface area contributed by atoms with Gasteiger partial charge < -0.3 is 5.32 Å². The molecule has 2 rings (SSSR count). The molecule has 0 saturated heterocycles. The lowest BCUT2D eigenvalue weighted by Crippen LogP contribution is -2.18. The van der Waals surface area contributed by atoms with Crippen LogP contribution < -0.4 is 5.32 Å². The van der Waals surface area contributed by atoms with Crippen molar-refractivity contribution in [2.45, 2.75) is 39.2 Å². The maximum Gasteiger partial charge on any atom is 0.0798 e. The first kappa shape index (κ1) is 14.2. The summed E-state index contributed by atoms with van der Waals surface area (Å²) in [7, 11) is 2.02. The minimum absolute atomic E-state index is 0.359. The van der Waals surface area contributed by atoms with Crippen LogP contribution in [0, 0.1) is 6.92 Å². The van der Waals surface area contributed by atoms with Gasteiger partial charge in [0, 0.05) is 10.9 Å². The van der Waals surface area contributed by atoms with Gasteiger partial charge in [-0.05, 0) is 37.4 Å². The zero-order valence-corrected chi connectivity index (χ0v) is 12.9. The molecule has 0 fully saturated rings. The second kappa shape index (κ2) is 6.31. The molecule has 0 spiro atoms. The van der Waals surface area contributed by atoms with Crippen molar-refractivity contribution in [3.63, 3.8) is 0 Å². The molecule has 0 radical (unpaired) electrons. The Morgan fingerprint density at radius 2 is 1.89 bits per heavy atom. The van der Waals surface area contributed by atoms with Gasteiger partial charge in [-0.3, -0.25) is 0 Å². The second-order valence-corrected chi connectivity index (χ2v) is 6.13. The molecular formula is C16H22N2S. The molecule has 1 aromatic heterocycles. The molecule has 3 heteroatoms. The van der Waals surface area contributed by atoms with Gasteiger partial charge in [0.1, 0.15) is 0 Å². The Labute approximate surface area is 119 Å². The molecule has 1 atom stereocenters. The first-order valence-electron chi connectivity index (χ1n) is 6.78. The average molecular weight is 274 g/mol. The van der Waals surface area contributed by atoms with E-state index in [1.54, 1.807) is 11.3 Å². The van der Waals surface area contributed by atoms with E-state index in [1.165, 1.54) is 16.0 Å². The van der Waals surface area contributed by atoms with E-state index in [1.807, 2.05) is 12.6 Å². The number of benzene rings is 1. The number of likely N-dealkylation sites (N-methyl/N-ethyl adjacent to an activating group) is 1. The van der Waals surface area contributed by atoms with E-state index in [4.69, 9.17) is 0 Å². The van der Waals surface area contributed by atoms with E-state index < -0.39 is 0 Å². The fraction of sp³-hybridized carbons (Fsp3) is 0.438. The van der Waals surface area contributed by atoms with Crippen molar-refractivity contribution in [1.29, 1.82) is 0 Å². The summed E-state index contributed by atoms with van der Waals surface area (Å²) in [5, 5.41) is 3.40. The van der Waals surface area contributed by atoms with E-state index in [-0.39, 0.29) is 0 Å². The topological polar surface area (TPSA) is 24.9 Å². The second-order valence-electron chi connectivity index (χ2n) is 5.24. The summed E-state index contributed by atoms with van der Waals surface area (Å²) in [5.41, 5.74) is 5.84. The van der Waals surface area contributed by atoms with Crippen molar-refractivity contribution in [1.82, 2.24) is 10.3 Å². The van der Waals surface area contributed by atoms with Gasteiger partial charge in [0.2, 0.25) is 0 Å². The Balaban J connectivity index is 2.13. The number of aromatic nitrogens is 1. The molecule has 2 nitrogen and oxygen atoms in total. The summed E-state index contributed by atoms with van der Waals surface area (Å²) in [6.07, 6.45) is 1.01. The van der Waals surface area contributed by atoms with E-state index in [2.05, 4.69) is 55.3 Å². The number of nitrogens with zero attached hydrogens (tertiary/aromatic N) is 1. The third kappa shape index (κ3) is 3.43. The molecule has 2 aromatic rings. The standard InChI is InChI=1S/C16H22N2S/c1-11(2)14-7-5-13(6-8-14)9-15(17-4)16-12(3)18-10-19-16/h5-8,10-11,15,17H,9H2,1-4H3. The summed E-state index contributed by atoms with van der Waals surface area (Å²) in [6, 6.07) is 9.34. The minimum atomic E-state index is 0.359. The molecule has 0 amide bonds. The third-order valence-electron chi connectivity index (χ3n) is 3.53. The van der Waals surface area contributed by atoms with Gasteiger partial charge in [-0.1, -0.05) is 38.1 Å². The van der Waals surface area contributed by atoms with Gasteiger partial charge in [-0.25, -0.2) is 4.98 Å². The summed E-state index contributed by atoms with van der Waals surface area (Å²) < 4.78 is 0. The van der Waals surface area contributed by atoms with Crippen LogP contribution in [0.25, 0.3) is 0 Å². The Kier molecular flexibility index (Phi) is 4.72. The van der Waals surface area contributed by atoms with Crippen LogP contribution in [0.3, 0.4) is 0 Å². The van der Waals surface area contributed by atoms with Crippen LogP contribution in [-0.2, 0) is 6.42 Å². The molecule has 1 heterocycles. The van der Waals surface area contributed by atoms with Crippen LogP contribution in [-0.4, -0.2) is 12.0 Å². The minimum Gasteiger partial charge on any atom is -0.312 e. The summed E-state index contributed by atoms with van der Waals surface area (Å²) >= 11 is 1.74. The van der Waals surface area contributed by atoms with E-state index in [9.17, 15) is 0 Å². The predicted molar refractivity (Wildman–Crippen MR) is 82.9 cm³/mol. The van der Waals surface area contributed by atoms with Gasteiger partial charge in [-0.2, -0.15) is 0 Å². The number of hydrogen-bond acceptors (Lipinski definition) is 3. The first-order valence-corrected chi connectivity index (χ1v) is 7.66. The number of hydrogen-bond donors (Lipinski definition) is 1. The Hall–Kier alpha value is -1.19. The molecule has 1 unspecified atom stereocenters. The van der Waals surface area contributed by atoms with Crippen LogP contribution in [0.4, 0.5) is 0 Å². The Bertz CT molecular complexity index is 514. The van der Waals surface area contributed by atoms with Crippen LogP contribution in [0.5, 0.6) is 0 Å². The molecule has 0 aliphatic heterocycles. The molecule has 19 heavy (non-hydrogen) atoms. The molecular weight excluding hydrogens is 252 g/mol.